The van der Waals surface area contributed by atoms with Crippen molar-refractivity contribution in [3.8, 4) is 0 Å². The number of hydrogen-bond acceptors (Lipinski definition) is 3. The minimum atomic E-state index is -3.99. The molecule has 0 aromatic heterocycles. The van der Waals surface area contributed by atoms with Crippen LogP contribution in [0.2, 0.25) is 0 Å². The van der Waals surface area contributed by atoms with Gasteiger partial charge in [0, 0.05) is 12.1 Å². The van der Waals surface area contributed by atoms with E-state index in [-0.39, 0.29) is 16.5 Å². The van der Waals surface area contributed by atoms with Gasteiger partial charge in [-0.1, -0.05) is 37.5 Å². The molecule has 7 heteroatoms. The van der Waals surface area contributed by atoms with Crippen LogP contribution in [0.25, 0.3) is 0 Å². The first-order valence-corrected chi connectivity index (χ1v) is 11.0. The van der Waals surface area contributed by atoms with Crippen LogP contribution in [0, 0.1) is 18.7 Å². The largest absolute Gasteiger partial charge is 0.326 e. The van der Waals surface area contributed by atoms with Crippen LogP contribution in [0.15, 0.2) is 47.4 Å². The summed E-state index contributed by atoms with van der Waals surface area (Å²) in [6.45, 7) is 1.66. The Kier molecular flexibility index (Phi) is 6.34. The van der Waals surface area contributed by atoms with E-state index in [4.69, 9.17) is 0 Å². The van der Waals surface area contributed by atoms with Crippen molar-refractivity contribution >= 4 is 27.3 Å². The maximum Gasteiger partial charge on any atom is 0.262 e. The smallest absolute Gasteiger partial charge is 0.262 e. The summed E-state index contributed by atoms with van der Waals surface area (Å²) in [5.41, 5.74) is 0.808. The molecular weight excluding hydrogens is 379 g/mol. The Balaban J connectivity index is 1.75. The van der Waals surface area contributed by atoms with Crippen LogP contribution >= 0.6 is 0 Å². The van der Waals surface area contributed by atoms with E-state index in [1.54, 1.807) is 25.1 Å². The normalized spacial score (nSPS) is 15.2. The van der Waals surface area contributed by atoms with Gasteiger partial charge in [-0.2, -0.15) is 0 Å². The molecule has 28 heavy (non-hydrogen) atoms. The summed E-state index contributed by atoms with van der Waals surface area (Å²) < 4.78 is 41.6. The highest BCUT2D eigenvalue weighted by atomic mass is 32.2. The molecule has 1 saturated carbocycles. The number of anilines is 2. The highest BCUT2D eigenvalue weighted by molar-refractivity contribution is 7.92. The Morgan fingerprint density at radius 2 is 1.82 bits per heavy atom. The van der Waals surface area contributed by atoms with E-state index in [0.717, 1.165) is 25.7 Å². The summed E-state index contributed by atoms with van der Waals surface area (Å²) in [7, 11) is -3.99. The van der Waals surface area contributed by atoms with E-state index in [1.165, 1.54) is 30.7 Å². The average Bonchev–Trinajstić information content (AvgIpc) is 2.66. The fourth-order valence-corrected chi connectivity index (χ4v) is 4.92. The van der Waals surface area contributed by atoms with Crippen LogP contribution in [-0.2, 0) is 14.8 Å². The molecule has 0 bridgehead atoms. The van der Waals surface area contributed by atoms with Gasteiger partial charge in [0.2, 0.25) is 5.91 Å². The van der Waals surface area contributed by atoms with Gasteiger partial charge in [0.25, 0.3) is 10.0 Å². The van der Waals surface area contributed by atoms with Crippen molar-refractivity contribution in [2.75, 3.05) is 10.0 Å². The van der Waals surface area contributed by atoms with Gasteiger partial charge in [-0.05, 0) is 55.5 Å². The Bertz CT molecular complexity index is 954. The molecule has 1 fully saturated rings. The molecule has 3 rings (SSSR count). The Labute approximate surface area is 165 Å². The summed E-state index contributed by atoms with van der Waals surface area (Å²) in [6, 6.07) is 10.3. The summed E-state index contributed by atoms with van der Waals surface area (Å²) in [4.78, 5) is 12.3. The third-order valence-electron chi connectivity index (χ3n) is 5.08. The van der Waals surface area contributed by atoms with Crippen molar-refractivity contribution in [2.45, 2.75) is 50.3 Å². The SMILES string of the molecule is Cc1ccc(NC(=O)CC2CCCCC2)cc1S(=O)(=O)Nc1ccccc1F. The monoisotopic (exact) mass is 404 g/mol. The Morgan fingerprint density at radius 1 is 1.11 bits per heavy atom. The molecule has 1 aliphatic rings. The van der Waals surface area contributed by atoms with Crippen LogP contribution in [0.5, 0.6) is 0 Å². The minimum absolute atomic E-state index is 0.00576. The lowest BCUT2D eigenvalue weighted by molar-refractivity contribution is -0.117. The summed E-state index contributed by atoms with van der Waals surface area (Å²) >= 11 is 0. The lowest BCUT2D eigenvalue weighted by atomic mass is 9.87. The quantitative estimate of drug-likeness (QED) is 0.723. The number of aryl methyl sites for hydroxylation is 1. The van der Waals surface area contributed by atoms with Crippen LogP contribution in [0.4, 0.5) is 15.8 Å². The number of rotatable bonds is 6. The van der Waals surface area contributed by atoms with Gasteiger partial charge in [-0.25, -0.2) is 12.8 Å². The van der Waals surface area contributed by atoms with Crippen molar-refractivity contribution in [1.29, 1.82) is 0 Å². The van der Waals surface area contributed by atoms with E-state index >= 15 is 0 Å². The van der Waals surface area contributed by atoms with Gasteiger partial charge >= 0.3 is 0 Å². The third-order valence-corrected chi connectivity index (χ3v) is 6.59. The Morgan fingerprint density at radius 3 is 2.54 bits per heavy atom. The van der Waals surface area contributed by atoms with Gasteiger partial charge in [0.1, 0.15) is 5.82 Å². The number of halogens is 1. The molecule has 0 atom stereocenters. The lowest BCUT2D eigenvalue weighted by Gasteiger charge is -2.21. The second-order valence-electron chi connectivity index (χ2n) is 7.32. The van der Waals surface area contributed by atoms with Gasteiger partial charge in [-0.3, -0.25) is 9.52 Å². The van der Waals surface area contributed by atoms with Gasteiger partial charge < -0.3 is 5.32 Å². The number of amides is 1. The maximum atomic E-state index is 13.8. The summed E-state index contributed by atoms with van der Waals surface area (Å²) in [5.74, 6) is -0.369. The number of benzene rings is 2. The second-order valence-corrected chi connectivity index (χ2v) is 8.97. The Hall–Kier alpha value is -2.41. The molecule has 5 nitrogen and oxygen atoms in total. The van der Waals surface area contributed by atoms with E-state index < -0.39 is 15.8 Å². The first-order valence-electron chi connectivity index (χ1n) is 9.53. The number of hydrogen-bond donors (Lipinski definition) is 2. The predicted octanol–water partition coefficient (Wildman–Crippen LogP) is 4.84. The van der Waals surface area contributed by atoms with Crippen LogP contribution in [0.1, 0.15) is 44.1 Å². The average molecular weight is 405 g/mol. The fourth-order valence-electron chi connectivity index (χ4n) is 3.58. The van der Waals surface area contributed by atoms with E-state index in [0.29, 0.717) is 23.6 Å². The molecule has 0 aliphatic heterocycles. The predicted molar refractivity (Wildman–Crippen MR) is 108 cm³/mol. The van der Waals surface area contributed by atoms with Crippen molar-refractivity contribution in [3.63, 3.8) is 0 Å². The number of para-hydroxylation sites is 1. The topological polar surface area (TPSA) is 75.3 Å². The maximum absolute atomic E-state index is 13.8. The van der Waals surface area contributed by atoms with E-state index in [2.05, 4.69) is 10.0 Å². The zero-order valence-electron chi connectivity index (χ0n) is 15.9. The number of carbonyl (C=O) groups excluding carboxylic acids is 1. The zero-order valence-corrected chi connectivity index (χ0v) is 16.7. The molecule has 2 aromatic rings. The minimum Gasteiger partial charge on any atom is -0.326 e. The number of carbonyl (C=O) groups is 1. The van der Waals surface area contributed by atoms with Crippen molar-refractivity contribution < 1.29 is 17.6 Å². The molecule has 0 saturated heterocycles. The zero-order chi connectivity index (χ0) is 20.1. The fraction of sp³-hybridized carbons (Fsp3) is 0.381. The van der Waals surface area contributed by atoms with Crippen LogP contribution in [-0.4, -0.2) is 14.3 Å². The first kappa shape index (κ1) is 20.3. The van der Waals surface area contributed by atoms with Crippen molar-refractivity contribution in [3.05, 3.63) is 53.8 Å². The number of nitrogens with one attached hydrogen (secondary N) is 2. The van der Waals surface area contributed by atoms with Gasteiger partial charge in [0.05, 0.1) is 10.6 Å². The molecular formula is C21H25FN2O3S. The molecule has 0 heterocycles. The molecule has 0 spiro atoms. The molecule has 2 aromatic carbocycles. The standard InChI is InChI=1S/C21H25FN2O3S/c1-15-11-12-17(23-21(25)13-16-7-3-2-4-8-16)14-20(15)28(26,27)24-19-10-6-5-9-18(19)22/h5-6,9-12,14,16,24H,2-4,7-8,13H2,1H3,(H,23,25). The molecule has 2 N–H and O–H groups in total. The molecule has 0 radical (unpaired) electrons. The van der Waals surface area contributed by atoms with Gasteiger partial charge in [0.15, 0.2) is 0 Å². The second kappa shape index (κ2) is 8.73. The third kappa shape index (κ3) is 5.10. The highest BCUT2D eigenvalue weighted by Gasteiger charge is 2.21. The molecule has 1 aliphatic carbocycles. The van der Waals surface area contributed by atoms with Crippen molar-refractivity contribution in [2.24, 2.45) is 5.92 Å². The van der Waals surface area contributed by atoms with E-state index in [9.17, 15) is 17.6 Å². The molecule has 150 valence electrons. The van der Waals surface area contributed by atoms with Gasteiger partial charge in [-0.15, -0.1) is 0 Å². The van der Waals surface area contributed by atoms with Crippen LogP contribution < -0.4 is 10.0 Å². The first-order chi connectivity index (χ1) is 13.3. The van der Waals surface area contributed by atoms with Crippen LogP contribution in [0.3, 0.4) is 0 Å². The highest BCUT2D eigenvalue weighted by Crippen LogP contribution is 2.28. The van der Waals surface area contributed by atoms with E-state index in [1.807, 2.05) is 0 Å². The lowest BCUT2D eigenvalue weighted by Crippen LogP contribution is -2.19. The molecule has 0 unspecified atom stereocenters. The summed E-state index contributed by atoms with van der Waals surface area (Å²) in [6.07, 6.45) is 6.12. The molecule has 1 amide bonds. The van der Waals surface area contributed by atoms with Crippen molar-refractivity contribution in [1.82, 2.24) is 0 Å². The number of sulfonamides is 1. The summed E-state index contributed by atoms with van der Waals surface area (Å²) in [5, 5.41) is 2.80.